The standard InChI is InChI=1S/C24H25N3O3S/c1-16-10-14-22(31-16)21(29)13-11-18(28)12-15-23(30)25-24-19-8-5-9-20(19)26-27(24)17-6-3-2-4-7-17/h2-4,6-7,10,14H,5,8-9,11-13,15H2,1H3,(H,25,30). The lowest BCUT2D eigenvalue weighted by atomic mass is 10.1. The minimum Gasteiger partial charge on any atom is -0.310 e. The van der Waals surface area contributed by atoms with Crippen LogP contribution in [0.15, 0.2) is 42.5 Å². The number of thiophene rings is 1. The van der Waals surface area contributed by atoms with Gasteiger partial charge in [0.1, 0.15) is 11.6 Å². The van der Waals surface area contributed by atoms with Gasteiger partial charge in [-0.25, -0.2) is 4.68 Å². The predicted octanol–water partition coefficient (Wildman–Crippen LogP) is 4.68. The largest absolute Gasteiger partial charge is 0.310 e. The van der Waals surface area contributed by atoms with Crippen LogP contribution in [-0.4, -0.2) is 27.3 Å². The van der Waals surface area contributed by atoms with Gasteiger partial charge in [0.15, 0.2) is 5.78 Å². The summed E-state index contributed by atoms with van der Waals surface area (Å²) in [6, 6.07) is 13.4. The summed E-state index contributed by atoms with van der Waals surface area (Å²) in [5.41, 5.74) is 3.00. The Labute approximate surface area is 185 Å². The van der Waals surface area contributed by atoms with Crippen molar-refractivity contribution in [2.45, 2.75) is 51.9 Å². The van der Waals surface area contributed by atoms with E-state index < -0.39 is 0 Å². The third kappa shape index (κ3) is 4.99. The van der Waals surface area contributed by atoms with Crippen molar-refractivity contribution in [3.8, 4) is 5.69 Å². The van der Waals surface area contributed by atoms with Crippen molar-refractivity contribution in [3.63, 3.8) is 0 Å². The number of nitrogens with one attached hydrogen (secondary N) is 1. The van der Waals surface area contributed by atoms with Crippen molar-refractivity contribution in [2.75, 3.05) is 5.32 Å². The molecule has 0 unspecified atom stereocenters. The molecule has 4 rings (SSSR count). The van der Waals surface area contributed by atoms with Gasteiger partial charge >= 0.3 is 0 Å². The minimum absolute atomic E-state index is 0.0155. The Morgan fingerprint density at radius 2 is 1.77 bits per heavy atom. The molecule has 1 aromatic carbocycles. The molecule has 31 heavy (non-hydrogen) atoms. The molecule has 0 spiro atoms. The maximum absolute atomic E-state index is 12.6. The SMILES string of the molecule is Cc1ccc(C(=O)CCC(=O)CCC(=O)Nc2c3c(nn2-c2ccccc2)CCC3)s1. The summed E-state index contributed by atoms with van der Waals surface area (Å²) in [5, 5.41) is 7.67. The van der Waals surface area contributed by atoms with Gasteiger partial charge < -0.3 is 5.32 Å². The second-order valence-electron chi connectivity index (χ2n) is 7.80. The van der Waals surface area contributed by atoms with E-state index in [9.17, 15) is 14.4 Å². The molecule has 1 amide bonds. The van der Waals surface area contributed by atoms with Crippen LogP contribution < -0.4 is 5.32 Å². The van der Waals surface area contributed by atoms with Crippen LogP contribution in [0.3, 0.4) is 0 Å². The summed E-state index contributed by atoms with van der Waals surface area (Å²) in [4.78, 5) is 38.7. The fourth-order valence-corrected chi connectivity index (χ4v) is 4.64. The summed E-state index contributed by atoms with van der Waals surface area (Å²) >= 11 is 1.44. The Kier molecular flexibility index (Phi) is 6.42. The van der Waals surface area contributed by atoms with Crippen LogP contribution in [0.2, 0.25) is 0 Å². The zero-order valence-corrected chi connectivity index (χ0v) is 18.3. The third-order valence-electron chi connectivity index (χ3n) is 5.44. The van der Waals surface area contributed by atoms with E-state index >= 15 is 0 Å². The summed E-state index contributed by atoms with van der Waals surface area (Å²) in [6.07, 6.45) is 3.42. The maximum Gasteiger partial charge on any atom is 0.225 e. The van der Waals surface area contributed by atoms with Crippen molar-refractivity contribution in [1.82, 2.24) is 9.78 Å². The number of carbonyl (C=O) groups is 3. The van der Waals surface area contributed by atoms with Crippen LogP contribution in [-0.2, 0) is 22.4 Å². The highest BCUT2D eigenvalue weighted by Gasteiger charge is 2.24. The number of hydrogen-bond donors (Lipinski definition) is 1. The minimum atomic E-state index is -0.208. The molecule has 0 atom stereocenters. The van der Waals surface area contributed by atoms with Crippen molar-refractivity contribution in [1.29, 1.82) is 0 Å². The fraction of sp³-hybridized carbons (Fsp3) is 0.333. The van der Waals surface area contributed by atoms with Gasteiger partial charge in [0, 0.05) is 36.1 Å². The molecule has 160 valence electrons. The van der Waals surface area contributed by atoms with Gasteiger partial charge in [-0.05, 0) is 50.5 Å². The van der Waals surface area contributed by atoms with Crippen LogP contribution in [0.1, 0.15) is 57.9 Å². The first-order valence-corrected chi connectivity index (χ1v) is 11.4. The Morgan fingerprint density at radius 3 is 2.52 bits per heavy atom. The van der Waals surface area contributed by atoms with E-state index in [4.69, 9.17) is 0 Å². The van der Waals surface area contributed by atoms with Crippen LogP contribution in [0, 0.1) is 6.92 Å². The number of amides is 1. The second kappa shape index (κ2) is 9.39. The number of fused-ring (bicyclic) bond motifs is 1. The molecule has 0 saturated carbocycles. The lowest BCUT2D eigenvalue weighted by Crippen LogP contribution is -2.17. The molecule has 1 aliphatic carbocycles. The Hall–Kier alpha value is -3.06. The lowest BCUT2D eigenvalue weighted by Gasteiger charge is -2.11. The molecule has 7 heteroatoms. The molecule has 6 nitrogen and oxygen atoms in total. The average molecular weight is 436 g/mol. The van der Waals surface area contributed by atoms with E-state index in [1.165, 1.54) is 11.3 Å². The molecule has 0 aliphatic heterocycles. The molecule has 2 aromatic heterocycles. The molecule has 0 fully saturated rings. The number of carbonyl (C=O) groups excluding carboxylic acids is 3. The van der Waals surface area contributed by atoms with Crippen LogP contribution in [0.5, 0.6) is 0 Å². The summed E-state index contributed by atoms with van der Waals surface area (Å²) in [5.74, 6) is 0.413. The number of ketones is 2. The van der Waals surface area contributed by atoms with E-state index in [1.54, 1.807) is 10.7 Å². The molecular weight excluding hydrogens is 410 g/mol. The van der Waals surface area contributed by atoms with E-state index in [2.05, 4.69) is 10.4 Å². The first-order chi connectivity index (χ1) is 15.0. The van der Waals surface area contributed by atoms with Gasteiger partial charge in [-0.15, -0.1) is 11.3 Å². The highest BCUT2D eigenvalue weighted by molar-refractivity contribution is 7.14. The van der Waals surface area contributed by atoms with Crippen molar-refractivity contribution >= 4 is 34.6 Å². The number of Topliss-reactive ketones (excluding diaryl/α,β-unsaturated/α-hetero) is 2. The van der Waals surface area contributed by atoms with E-state index in [0.29, 0.717) is 10.7 Å². The highest BCUT2D eigenvalue weighted by atomic mass is 32.1. The van der Waals surface area contributed by atoms with Crippen LogP contribution in [0.25, 0.3) is 5.69 Å². The Bertz CT molecular complexity index is 1110. The van der Waals surface area contributed by atoms with Crippen molar-refractivity contribution in [3.05, 3.63) is 63.5 Å². The molecule has 0 saturated heterocycles. The molecule has 1 aliphatic rings. The molecular formula is C24H25N3O3S. The maximum atomic E-state index is 12.6. The fourth-order valence-electron chi connectivity index (χ4n) is 3.81. The first kappa shape index (κ1) is 21.2. The number of benzene rings is 1. The van der Waals surface area contributed by atoms with Gasteiger partial charge in [-0.3, -0.25) is 14.4 Å². The number of hydrogen-bond acceptors (Lipinski definition) is 5. The first-order valence-electron chi connectivity index (χ1n) is 10.6. The molecule has 0 radical (unpaired) electrons. The molecule has 3 aromatic rings. The topological polar surface area (TPSA) is 81.1 Å². The zero-order valence-electron chi connectivity index (χ0n) is 17.5. The molecule has 2 heterocycles. The van der Waals surface area contributed by atoms with E-state index in [1.807, 2.05) is 43.3 Å². The Morgan fingerprint density at radius 1 is 1.00 bits per heavy atom. The van der Waals surface area contributed by atoms with E-state index in [-0.39, 0.29) is 43.2 Å². The molecule has 0 bridgehead atoms. The van der Waals surface area contributed by atoms with Gasteiger partial charge in [-0.2, -0.15) is 5.10 Å². The summed E-state index contributed by atoms with van der Waals surface area (Å²) in [7, 11) is 0. The number of aromatic nitrogens is 2. The van der Waals surface area contributed by atoms with Gasteiger partial charge in [0.25, 0.3) is 0 Å². The quantitative estimate of drug-likeness (QED) is 0.495. The van der Waals surface area contributed by atoms with Crippen LogP contribution in [0.4, 0.5) is 5.82 Å². The smallest absolute Gasteiger partial charge is 0.225 e. The monoisotopic (exact) mass is 435 g/mol. The average Bonchev–Trinajstić information content (AvgIpc) is 3.48. The number of nitrogens with zero attached hydrogens (tertiary/aromatic N) is 2. The highest BCUT2D eigenvalue weighted by Crippen LogP contribution is 2.31. The summed E-state index contributed by atoms with van der Waals surface area (Å²) < 4.78 is 1.78. The third-order valence-corrected chi connectivity index (χ3v) is 6.48. The number of rotatable bonds is 9. The van der Waals surface area contributed by atoms with Gasteiger partial charge in [0.05, 0.1) is 16.3 Å². The lowest BCUT2D eigenvalue weighted by molar-refractivity contribution is -0.122. The normalized spacial score (nSPS) is 12.5. The second-order valence-corrected chi connectivity index (χ2v) is 9.08. The number of para-hydroxylation sites is 1. The van der Waals surface area contributed by atoms with Gasteiger partial charge in [-0.1, -0.05) is 18.2 Å². The zero-order chi connectivity index (χ0) is 21.8. The number of aryl methyl sites for hydroxylation is 2. The van der Waals surface area contributed by atoms with E-state index in [0.717, 1.165) is 41.1 Å². The predicted molar refractivity (Wildman–Crippen MR) is 121 cm³/mol. The van der Waals surface area contributed by atoms with Crippen molar-refractivity contribution < 1.29 is 14.4 Å². The van der Waals surface area contributed by atoms with Crippen molar-refractivity contribution in [2.24, 2.45) is 0 Å². The Balaban J connectivity index is 1.33. The van der Waals surface area contributed by atoms with Gasteiger partial charge in [0.2, 0.25) is 5.91 Å². The van der Waals surface area contributed by atoms with Crippen LogP contribution >= 0.6 is 11.3 Å². The number of anilines is 1. The molecule has 1 N–H and O–H groups in total. The summed E-state index contributed by atoms with van der Waals surface area (Å²) in [6.45, 7) is 1.95.